The number of hydrogen-bond acceptors (Lipinski definition) is 4. The van der Waals surface area contributed by atoms with Crippen LogP contribution in [-0.4, -0.2) is 39.8 Å². The van der Waals surface area contributed by atoms with E-state index in [1.807, 2.05) is 42.2 Å². The summed E-state index contributed by atoms with van der Waals surface area (Å²) < 4.78 is 41.5. The van der Waals surface area contributed by atoms with Gasteiger partial charge in [-0.05, 0) is 56.9 Å². The lowest BCUT2D eigenvalue weighted by atomic mass is 9.84. The van der Waals surface area contributed by atoms with Gasteiger partial charge in [-0.15, -0.1) is 0 Å². The van der Waals surface area contributed by atoms with E-state index in [0.29, 0.717) is 30.3 Å². The van der Waals surface area contributed by atoms with Crippen molar-refractivity contribution >= 4 is 5.91 Å². The van der Waals surface area contributed by atoms with Crippen LogP contribution in [0.2, 0.25) is 0 Å². The van der Waals surface area contributed by atoms with Crippen LogP contribution in [0.15, 0.2) is 48.5 Å². The van der Waals surface area contributed by atoms with E-state index in [4.69, 9.17) is 9.47 Å². The monoisotopic (exact) mass is 481 g/mol. The van der Waals surface area contributed by atoms with Crippen molar-refractivity contribution in [3.63, 3.8) is 0 Å². The minimum atomic E-state index is -0.809. The molecule has 2 aliphatic rings. The molecule has 5 rings (SSSR count). The van der Waals surface area contributed by atoms with Crippen LogP contribution in [-0.2, 0) is 16.1 Å². The van der Waals surface area contributed by atoms with Crippen LogP contribution in [0.3, 0.4) is 0 Å². The molecule has 0 spiro atoms. The molecule has 1 atom stereocenters. The zero-order valence-electron chi connectivity index (χ0n) is 19.8. The largest absolute Gasteiger partial charge is 0.435 e. The highest BCUT2D eigenvalue weighted by molar-refractivity contribution is 5.79. The van der Waals surface area contributed by atoms with Crippen molar-refractivity contribution in [1.29, 1.82) is 0 Å². The maximum absolute atomic E-state index is 14.6. The first kappa shape index (κ1) is 23.5. The average molecular weight is 482 g/mol. The summed E-state index contributed by atoms with van der Waals surface area (Å²) in [7, 11) is 0. The normalized spacial score (nSPS) is 17.9. The van der Waals surface area contributed by atoms with Crippen molar-refractivity contribution in [1.82, 2.24) is 14.7 Å². The first-order valence-corrected chi connectivity index (χ1v) is 12.2. The Hall–Kier alpha value is -3.26. The SMILES string of the molecule is Cc1nn(-c2ccccc2)c(Oc2ccc(F)cc2F)c1CN(C[C@H]1CCCO1)C(=O)C1CCC1. The summed E-state index contributed by atoms with van der Waals surface area (Å²) >= 11 is 0. The Morgan fingerprint density at radius 1 is 1.14 bits per heavy atom. The summed E-state index contributed by atoms with van der Waals surface area (Å²) in [6.45, 7) is 3.32. The van der Waals surface area contributed by atoms with E-state index in [2.05, 4.69) is 5.10 Å². The smallest absolute Gasteiger partial charge is 0.228 e. The highest BCUT2D eigenvalue weighted by Crippen LogP contribution is 2.35. The van der Waals surface area contributed by atoms with Crippen LogP contribution in [0, 0.1) is 24.5 Å². The summed E-state index contributed by atoms with van der Waals surface area (Å²) in [5.74, 6) is -1.16. The molecule has 0 radical (unpaired) electrons. The number of carbonyl (C=O) groups excluding carboxylic acids is 1. The number of aryl methyl sites for hydroxylation is 1. The average Bonchev–Trinajstić information content (AvgIpc) is 3.43. The molecule has 2 heterocycles. The number of benzene rings is 2. The zero-order valence-corrected chi connectivity index (χ0v) is 19.8. The number of ether oxygens (including phenoxy) is 2. The topological polar surface area (TPSA) is 56.6 Å². The van der Waals surface area contributed by atoms with Crippen molar-refractivity contribution in [3.8, 4) is 17.3 Å². The van der Waals surface area contributed by atoms with Crippen LogP contribution in [0.5, 0.6) is 11.6 Å². The molecule has 0 unspecified atom stereocenters. The van der Waals surface area contributed by atoms with Crippen LogP contribution in [0.4, 0.5) is 8.78 Å². The van der Waals surface area contributed by atoms with Gasteiger partial charge in [-0.1, -0.05) is 24.6 Å². The lowest BCUT2D eigenvalue weighted by Gasteiger charge is -2.33. The first-order chi connectivity index (χ1) is 17.0. The van der Waals surface area contributed by atoms with Crippen molar-refractivity contribution in [3.05, 3.63) is 71.4 Å². The van der Waals surface area contributed by atoms with Gasteiger partial charge in [-0.2, -0.15) is 5.10 Å². The highest BCUT2D eigenvalue weighted by Gasteiger charge is 2.33. The summed E-state index contributed by atoms with van der Waals surface area (Å²) in [5, 5.41) is 4.67. The standard InChI is InChI=1S/C27H29F2N3O3/c1-18-23(17-31(16-22-11-6-14-34-22)26(33)19-7-5-8-19)27(32(30-18)21-9-3-2-4-10-21)35-25-13-12-20(28)15-24(25)29/h2-4,9-10,12-13,15,19,22H,5-8,11,14,16-17H2,1H3/t22-/m1/s1. The van der Waals surface area contributed by atoms with Gasteiger partial charge < -0.3 is 14.4 Å². The molecule has 1 aliphatic carbocycles. The lowest BCUT2D eigenvalue weighted by molar-refractivity contribution is -0.140. The van der Waals surface area contributed by atoms with E-state index < -0.39 is 11.6 Å². The number of para-hydroxylation sites is 1. The zero-order chi connectivity index (χ0) is 24.4. The van der Waals surface area contributed by atoms with Crippen LogP contribution in [0.1, 0.15) is 43.4 Å². The predicted octanol–water partition coefficient (Wildman–Crippen LogP) is 5.56. The van der Waals surface area contributed by atoms with Crippen molar-refractivity contribution in [2.45, 2.75) is 51.7 Å². The minimum Gasteiger partial charge on any atom is -0.435 e. The maximum atomic E-state index is 14.6. The van der Waals surface area contributed by atoms with Crippen LogP contribution < -0.4 is 4.74 Å². The molecule has 1 aromatic heterocycles. The van der Waals surface area contributed by atoms with E-state index in [0.717, 1.165) is 49.9 Å². The maximum Gasteiger partial charge on any atom is 0.228 e. The molecule has 0 bridgehead atoms. The molecule has 1 aliphatic heterocycles. The Morgan fingerprint density at radius 2 is 1.94 bits per heavy atom. The molecule has 184 valence electrons. The molecule has 1 amide bonds. The predicted molar refractivity (Wildman–Crippen MR) is 126 cm³/mol. The van der Waals surface area contributed by atoms with Gasteiger partial charge in [-0.3, -0.25) is 4.79 Å². The molecule has 35 heavy (non-hydrogen) atoms. The van der Waals surface area contributed by atoms with Gasteiger partial charge in [-0.25, -0.2) is 13.5 Å². The number of halogens is 2. The van der Waals surface area contributed by atoms with E-state index in [1.165, 1.54) is 6.07 Å². The molecule has 1 saturated carbocycles. The van der Waals surface area contributed by atoms with Crippen molar-refractivity contribution < 1.29 is 23.0 Å². The Morgan fingerprint density at radius 3 is 2.60 bits per heavy atom. The second-order valence-electron chi connectivity index (χ2n) is 9.27. The third-order valence-corrected chi connectivity index (χ3v) is 6.80. The molecular formula is C27H29F2N3O3. The number of rotatable bonds is 8. The summed E-state index contributed by atoms with van der Waals surface area (Å²) in [5.41, 5.74) is 2.09. The Bertz CT molecular complexity index is 1190. The van der Waals surface area contributed by atoms with Gasteiger partial charge >= 0.3 is 0 Å². The summed E-state index contributed by atoms with van der Waals surface area (Å²) in [6, 6.07) is 12.6. The van der Waals surface area contributed by atoms with Crippen LogP contribution >= 0.6 is 0 Å². The molecular weight excluding hydrogens is 452 g/mol. The van der Waals surface area contributed by atoms with Crippen molar-refractivity contribution in [2.24, 2.45) is 5.92 Å². The second-order valence-corrected chi connectivity index (χ2v) is 9.27. The number of aromatic nitrogens is 2. The fraction of sp³-hybridized carbons (Fsp3) is 0.407. The van der Waals surface area contributed by atoms with Gasteiger partial charge in [0.1, 0.15) is 5.82 Å². The number of hydrogen-bond donors (Lipinski definition) is 0. The van der Waals surface area contributed by atoms with E-state index in [1.54, 1.807) is 4.68 Å². The Balaban J connectivity index is 1.53. The van der Waals surface area contributed by atoms with Gasteiger partial charge in [0.25, 0.3) is 0 Å². The summed E-state index contributed by atoms with van der Waals surface area (Å²) in [6.07, 6.45) is 4.76. The lowest BCUT2D eigenvalue weighted by Crippen LogP contribution is -2.42. The van der Waals surface area contributed by atoms with Gasteiger partial charge in [0.05, 0.1) is 29.6 Å². The molecule has 0 N–H and O–H groups in total. The molecule has 2 aromatic carbocycles. The third kappa shape index (κ3) is 5.07. The van der Waals surface area contributed by atoms with E-state index in [-0.39, 0.29) is 30.2 Å². The number of nitrogens with zero attached hydrogens (tertiary/aromatic N) is 3. The van der Waals surface area contributed by atoms with Gasteiger partial charge in [0, 0.05) is 25.1 Å². The minimum absolute atomic E-state index is 0.00223. The third-order valence-electron chi connectivity index (χ3n) is 6.80. The number of amides is 1. The molecule has 2 fully saturated rings. The van der Waals surface area contributed by atoms with Crippen LogP contribution in [0.25, 0.3) is 5.69 Å². The fourth-order valence-electron chi connectivity index (χ4n) is 4.60. The molecule has 3 aromatic rings. The molecule has 8 heteroatoms. The number of carbonyl (C=O) groups is 1. The highest BCUT2D eigenvalue weighted by atomic mass is 19.1. The molecule has 1 saturated heterocycles. The van der Waals surface area contributed by atoms with Gasteiger partial charge in [0.15, 0.2) is 11.6 Å². The van der Waals surface area contributed by atoms with Crippen molar-refractivity contribution in [2.75, 3.05) is 13.2 Å². The van der Waals surface area contributed by atoms with E-state index in [9.17, 15) is 13.6 Å². The van der Waals surface area contributed by atoms with E-state index >= 15 is 0 Å². The Labute approximate surface area is 203 Å². The first-order valence-electron chi connectivity index (χ1n) is 12.2. The summed E-state index contributed by atoms with van der Waals surface area (Å²) in [4.78, 5) is 15.2. The fourth-order valence-corrected chi connectivity index (χ4v) is 4.60. The molecule has 6 nitrogen and oxygen atoms in total. The quantitative estimate of drug-likeness (QED) is 0.423. The second kappa shape index (κ2) is 10.2. The van der Waals surface area contributed by atoms with Gasteiger partial charge in [0.2, 0.25) is 11.8 Å². The Kier molecular flexibility index (Phi) is 6.81.